The molecule has 0 unspecified atom stereocenters. The van der Waals surface area contributed by atoms with Gasteiger partial charge in [0.2, 0.25) is 10.0 Å². The van der Waals surface area contributed by atoms with Gasteiger partial charge in [0.1, 0.15) is 4.90 Å². The van der Waals surface area contributed by atoms with E-state index in [4.69, 9.17) is 0 Å². The molecule has 0 amide bonds. The van der Waals surface area contributed by atoms with Crippen LogP contribution in [0.4, 0.5) is 0 Å². The van der Waals surface area contributed by atoms with E-state index >= 15 is 0 Å². The van der Waals surface area contributed by atoms with Crippen molar-refractivity contribution in [2.75, 3.05) is 13.1 Å². The van der Waals surface area contributed by atoms with Gasteiger partial charge in [0.25, 0.3) is 0 Å². The van der Waals surface area contributed by atoms with Crippen LogP contribution in [0, 0.1) is 0 Å². The van der Waals surface area contributed by atoms with Gasteiger partial charge >= 0.3 is 0 Å². The zero-order valence-electron chi connectivity index (χ0n) is 12.8. The lowest BCUT2D eigenvalue weighted by Crippen LogP contribution is -2.32. The first-order valence-electron chi connectivity index (χ1n) is 7.20. The van der Waals surface area contributed by atoms with Gasteiger partial charge < -0.3 is 9.67 Å². The predicted octanol–water partition coefficient (Wildman–Crippen LogP) is 2.37. The van der Waals surface area contributed by atoms with Crippen molar-refractivity contribution in [1.29, 1.82) is 0 Å². The van der Waals surface area contributed by atoms with Crippen LogP contribution in [0.1, 0.15) is 52.3 Å². The lowest BCUT2D eigenvalue weighted by molar-refractivity contribution is 0.268. The van der Waals surface area contributed by atoms with Gasteiger partial charge in [-0.1, -0.05) is 13.8 Å². The molecule has 0 saturated heterocycles. The van der Waals surface area contributed by atoms with Gasteiger partial charge in [-0.05, 0) is 32.8 Å². The summed E-state index contributed by atoms with van der Waals surface area (Å²) in [5.41, 5.74) is 0.631. The van der Waals surface area contributed by atoms with Crippen molar-refractivity contribution >= 4 is 10.0 Å². The molecule has 0 fully saturated rings. The Bertz CT molecular complexity index is 515. The second-order valence-electron chi connectivity index (χ2n) is 5.23. The molecule has 0 atom stereocenters. The van der Waals surface area contributed by atoms with Gasteiger partial charge in [-0.3, -0.25) is 0 Å². The minimum Gasteiger partial charge on any atom is -0.390 e. The summed E-state index contributed by atoms with van der Waals surface area (Å²) in [7, 11) is -3.47. The predicted molar refractivity (Wildman–Crippen MR) is 80.1 cm³/mol. The first-order valence-corrected chi connectivity index (χ1v) is 8.64. The van der Waals surface area contributed by atoms with E-state index in [9.17, 15) is 13.5 Å². The van der Waals surface area contributed by atoms with Crippen LogP contribution in [0.15, 0.2) is 17.2 Å². The van der Waals surface area contributed by atoms with E-state index in [1.165, 1.54) is 4.31 Å². The summed E-state index contributed by atoms with van der Waals surface area (Å²) in [4.78, 5) is 0.275. The van der Waals surface area contributed by atoms with E-state index in [0.717, 1.165) is 12.8 Å². The van der Waals surface area contributed by atoms with Gasteiger partial charge in [0, 0.05) is 31.0 Å². The monoisotopic (exact) mass is 302 g/mol. The van der Waals surface area contributed by atoms with Crippen LogP contribution in [-0.4, -0.2) is 35.5 Å². The Hall–Kier alpha value is -0.850. The fourth-order valence-electron chi connectivity index (χ4n) is 2.25. The molecular formula is C14H26N2O3S. The van der Waals surface area contributed by atoms with E-state index < -0.39 is 10.0 Å². The van der Waals surface area contributed by atoms with Gasteiger partial charge in [0.05, 0.1) is 6.61 Å². The average molecular weight is 302 g/mol. The van der Waals surface area contributed by atoms with E-state index in [1.54, 1.807) is 12.3 Å². The summed E-state index contributed by atoms with van der Waals surface area (Å²) in [6.07, 6.45) is 3.21. The highest BCUT2D eigenvalue weighted by molar-refractivity contribution is 7.89. The van der Waals surface area contributed by atoms with Gasteiger partial charge in [-0.15, -0.1) is 0 Å². The molecule has 116 valence electrons. The summed E-state index contributed by atoms with van der Waals surface area (Å²) in [5.74, 6) is 0. The lowest BCUT2D eigenvalue weighted by atomic mass is 10.3. The number of hydrogen-bond donors (Lipinski definition) is 1. The van der Waals surface area contributed by atoms with Gasteiger partial charge in [0.15, 0.2) is 0 Å². The number of sulfonamides is 1. The Labute approximate surface area is 122 Å². The van der Waals surface area contributed by atoms with Crippen molar-refractivity contribution in [2.45, 2.75) is 58.1 Å². The molecule has 5 nitrogen and oxygen atoms in total. The number of aliphatic hydroxyl groups excluding tert-OH is 1. The van der Waals surface area contributed by atoms with Crippen LogP contribution in [0.3, 0.4) is 0 Å². The first-order chi connectivity index (χ1) is 9.38. The zero-order chi connectivity index (χ0) is 15.3. The summed E-state index contributed by atoms with van der Waals surface area (Å²) < 4.78 is 28.6. The lowest BCUT2D eigenvalue weighted by Gasteiger charge is -2.20. The fraction of sp³-hybridized carbons (Fsp3) is 0.714. The molecule has 6 heteroatoms. The van der Waals surface area contributed by atoms with Gasteiger partial charge in [-0.2, -0.15) is 4.31 Å². The van der Waals surface area contributed by atoms with Crippen LogP contribution < -0.4 is 0 Å². The molecule has 1 heterocycles. The molecule has 1 N–H and O–H groups in total. The van der Waals surface area contributed by atoms with Crippen LogP contribution in [0.2, 0.25) is 0 Å². The number of rotatable bonds is 8. The normalized spacial score (nSPS) is 12.6. The summed E-state index contributed by atoms with van der Waals surface area (Å²) in [6, 6.07) is 1.69. The summed E-state index contributed by atoms with van der Waals surface area (Å²) in [5, 5.41) is 9.36. The highest BCUT2D eigenvalue weighted by Gasteiger charge is 2.25. The molecule has 0 saturated carbocycles. The van der Waals surface area contributed by atoms with Gasteiger partial charge in [-0.25, -0.2) is 8.42 Å². The maximum absolute atomic E-state index is 12.6. The maximum Gasteiger partial charge on any atom is 0.244 e. The molecule has 0 aliphatic carbocycles. The van der Waals surface area contributed by atoms with Crippen LogP contribution in [-0.2, 0) is 16.6 Å². The van der Waals surface area contributed by atoms with Crippen molar-refractivity contribution in [2.24, 2.45) is 0 Å². The van der Waals surface area contributed by atoms with E-state index in [2.05, 4.69) is 0 Å². The smallest absolute Gasteiger partial charge is 0.244 e. The number of hydrogen-bond acceptors (Lipinski definition) is 3. The van der Waals surface area contributed by atoms with E-state index in [1.807, 2.05) is 32.3 Å². The minimum atomic E-state index is -3.47. The molecular weight excluding hydrogens is 276 g/mol. The third-order valence-electron chi connectivity index (χ3n) is 3.21. The van der Waals surface area contributed by atoms with E-state index in [0.29, 0.717) is 18.8 Å². The van der Waals surface area contributed by atoms with E-state index in [-0.39, 0.29) is 17.5 Å². The molecule has 0 radical (unpaired) electrons. The molecule has 0 aromatic carbocycles. The van der Waals surface area contributed by atoms with Crippen LogP contribution in [0.25, 0.3) is 0 Å². The Morgan fingerprint density at radius 3 is 2.15 bits per heavy atom. The van der Waals surface area contributed by atoms with Crippen LogP contribution in [0.5, 0.6) is 0 Å². The van der Waals surface area contributed by atoms with Crippen molar-refractivity contribution in [3.8, 4) is 0 Å². The topological polar surface area (TPSA) is 62.5 Å². The largest absolute Gasteiger partial charge is 0.390 e. The first kappa shape index (κ1) is 17.2. The Kier molecular flexibility index (Phi) is 6.23. The molecule has 0 bridgehead atoms. The Morgan fingerprint density at radius 2 is 1.80 bits per heavy atom. The zero-order valence-corrected chi connectivity index (χ0v) is 13.7. The Balaban J connectivity index is 3.20. The maximum atomic E-state index is 12.6. The van der Waals surface area contributed by atoms with Crippen molar-refractivity contribution in [3.63, 3.8) is 0 Å². The molecule has 0 aliphatic rings. The quantitative estimate of drug-likeness (QED) is 0.802. The SMILES string of the molecule is CCCN(CCC)S(=O)(=O)c1cc(CO)n(C(C)C)c1. The number of aromatic nitrogens is 1. The minimum absolute atomic E-state index is 0.118. The standard InChI is InChI=1S/C14H26N2O3S/c1-5-7-15(8-6-2)20(18,19)14-9-13(11-17)16(10-14)12(3)4/h9-10,12,17H,5-8,11H2,1-4H3. The van der Waals surface area contributed by atoms with Crippen molar-refractivity contribution < 1.29 is 13.5 Å². The molecule has 1 aromatic rings. The number of aliphatic hydroxyl groups is 1. The molecule has 20 heavy (non-hydrogen) atoms. The second-order valence-corrected chi connectivity index (χ2v) is 7.17. The molecule has 1 rings (SSSR count). The third-order valence-corrected chi connectivity index (χ3v) is 5.07. The van der Waals surface area contributed by atoms with Crippen LogP contribution >= 0.6 is 0 Å². The fourth-order valence-corrected chi connectivity index (χ4v) is 3.92. The molecule has 0 aliphatic heterocycles. The van der Waals surface area contributed by atoms with Crippen molar-refractivity contribution in [3.05, 3.63) is 18.0 Å². The van der Waals surface area contributed by atoms with Crippen molar-refractivity contribution in [1.82, 2.24) is 8.87 Å². The highest BCUT2D eigenvalue weighted by Crippen LogP contribution is 2.22. The highest BCUT2D eigenvalue weighted by atomic mass is 32.2. The summed E-state index contributed by atoms with van der Waals surface area (Å²) in [6.45, 7) is 8.76. The number of nitrogens with zero attached hydrogens (tertiary/aromatic N) is 2. The molecule has 0 spiro atoms. The third kappa shape index (κ3) is 3.62. The molecule has 1 aromatic heterocycles. The second kappa shape index (κ2) is 7.24. The summed E-state index contributed by atoms with van der Waals surface area (Å²) >= 11 is 0. The Morgan fingerprint density at radius 1 is 1.25 bits per heavy atom. The average Bonchev–Trinajstić information content (AvgIpc) is 2.83.